The lowest BCUT2D eigenvalue weighted by atomic mass is 9.97. The van der Waals surface area contributed by atoms with Crippen molar-refractivity contribution in [2.24, 2.45) is 4.99 Å². The van der Waals surface area contributed by atoms with Gasteiger partial charge in [-0.05, 0) is 71.4 Å². The van der Waals surface area contributed by atoms with Crippen LogP contribution in [0.5, 0.6) is 5.75 Å². The fraction of sp³-hybridized carbons (Fsp3) is 0.300. The molecule has 0 aliphatic carbocycles. The Morgan fingerprint density at radius 2 is 1.60 bits per heavy atom. The number of benzene rings is 4. The maximum absolute atomic E-state index is 6.15. The number of nitrogen functional groups attached to an aromatic ring is 1. The van der Waals surface area contributed by atoms with Crippen LogP contribution in [0.2, 0.25) is 0 Å². The molecule has 0 bridgehead atoms. The Balaban J connectivity index is 0.00000103. The molecule has 4 N–H and O–H groups in total. The molecular formula is C30H40N4O. The Kier molecular flexibility index (Phi) is 10.4. The van der Waals surface area contributed by atoms with Crippen molar-refractivity contribution in [1.82, 2.24) is 0 Å². The van der Waals surface area contributed by atoms with Crippen LogP contribution in [0.4, 0.5) is 22.7 Å². The van der Waals surface area contributed by atoms with E-state index in [-0.39, 0.29) is 0 Å². The van der Waals surface area contributed by atoms with Crippen molar-refractivity contribution in [3.8, 4) is 5.75 Å². The number of anilines is 3. The molecular weight excluding hydrogens is 432 g/mol. The quantitative estimate of drug-likeness (QED) is 0.144. The Hall–Kier alpha value is -3.73. The third kappa shape index (κ3) is 5.68. The molecule has 0 aliphatic heterocycles. The Labute approximate surface area is 210 Å². The second-order valence-electron chi connectivity index (χ2n) is 7.50. The van der Waals surface area contributed by atoms with E-state index in [1.165, 1.54) is 11.1 Å². The van der Waals surface area contributed by atoms with Crippen molar-refractivity contribution in [1.29, 1.82) is 0 Å². The van der Waals surface area contributed by atoms with Crippen molar-refractivity contribution in [3.05, 3.63) is 65.7 Å². The molecule has 35 heavy (non-hydrogen) atoms. The van der Waals surface area contributed by atoms with E-state index in [0.29, 0.717) is 6.54 Å². The summed E-state index contributed by atoms with van der Waals surface area (Å²) in [6, 6.07) is 18.4. The maximum Gasteiger partial charge on any atom is 0.119 e. The molecule has 0 aromatic heterocycles. The summed E-state index contributed by atoms with van der Waals surface area (Å²) in [5, 5.41) is 11.1. The largest absolute Gasteiger partial charge is 0.497 e. The van der Waals surface area contributed by atoms with Gasteiger partial charge in [0.15, 0.2) is 0 Å². The number of nitrogens with one attached hydrogen (secondary N) is 2. The number of nitrogens with zero attached hydrogens (tertiary/aromatic N) is 1. The highest BCUT2D eigenvalue weighted by Gasteiger charge is 2.16. The first-order valence-corrected chi connectivity index (χ1v) is 12.4. The van der Waals surface area contributed by atoms with Crippen LogP contribution >= 0.6 is 0 Å². The van der Waals surface area contributed by atoms with E-state index in [2.05, 4.69) is 47.5 Å². The van der Waals surface area contributed by atoms with Crippen molar-refractivity contribution < 1.29 is 4.74 Å². The zero-order chi connectivity index (χ0) is 26.0. The molecule has 0 radical (unpaired) electrons. The summed E-state index contributed by atoms with van der Waals surface area (Å²) in [4.78, 5) is 4.42. The summed E-state index contributed by atoms with van der Waals surface area (Å²) >= 11 is 0. The molecule has 0 unspecified atom stereocenters. The number of methoxy groups -OCH3 is 1. The maximum atomic E-state index is 6.15. The van der Waals surface area contributed by atoms with Crippen LogP contribution in [0.1, 0.15) is 45.7 Å². The van der Waals surface area contributed by atoms with Gasteiger partial charge >= 0.3 is 0 Å². The van der Waals surface area contributed by atoms with Gasteiger partial charge in [-0.25, -0.2) is 0 Å². The predicted molar refractivity (Wildman–Crippen MR) is 157 cm³/mol. The average Bonchev–Trinajstić information content (AvgIpc) is 2.93. The van der Waals surface area contributed by atoms with Crippen molar-refractivity contribution in [2.75, 3.05) is 30.5 Å². The molecule has 0 heterocycles. The van der Waals surface area contributed by atoms with Gasteiger partial charge in [0.05, 0.1) is 18.5 Å². The smallest absolute Gasteiger partial charge is 0.119 e. The fourth-order valence-electron chi connectivity index (χ4n) is 4.27. The normalized spacial score (nSPS) is 10.0. The first-order chi connectivity index (χ1) is 17.1. The highest BCUT2D eigenvalue weighted by Crippen LogP contribution is 2.44. The Morgan fingerprint density at radius 3 is 2.23 bits per heavy atom. The van der Waals surface area contributed by atoms with E-state index < -0.39 is 0 Å². The number of fused-ring (bicyclic) bond motifs is 3. The molecule has 5 heteroatoms. The summed E-state index contributed by atoms with van der Waals surface area (Å²) in [6.07, 6.45) is 0.966. The molecule has 0 fully saturated rings. The summed E-state index contributed by atoms with van der Waals surface area (Å²) in [5.41, 5.74) is 12.3. The van der Waals surface area contributed by atoms with Crippen LogP contribution in [0, 0.1) is 0 Å². The van der Waals surface area contributed by atoms with Crippen LogP contribution in [0.25, 0.3) is 21.5 Å². The second-order valence-corrected chi connectivity index (χ2v) is 7.50. The lowest BCUT2D eigenvalue weighted by molar-refractivity contribution is 0.415. The topological polar surface area (TPSA) is 71.7 Å². The van der Waals surface area contributed by atoms with E-state index in [1.54, 1.807) is 7.11 Å². The van der Waals surface area contributed by atoms with Crippen LogP contribution < -0.4 is 21.1 Å². The molecule has 4 aromatic rings. The molecule has 0 aliphatic rings. The van der Waals surface area contributed by atoms with Gasteiger partial charge in [0.2, 0.25) is 0 Å². The molecule has 5 nitrogen and oxygen atoms in total. The van der Waals surface area contributed by atoms with Crippen LogP contribution in [0.3, 0.4) is 0 Å². The van der Waals surface area contributed by atoms with E-state index in [1.807, 2.05) is 71.1 Å². The molecule has 0 saturated carbocycles. The van der Waals surface area contributed by atoms with Gasteiger partial charge in [-0.1, -0.05) is 52.8 Å². The van der Waals surface area contributed by atoms with E-state index in [4.69, 9.17) is 10.5 Å². The van der Waals surface area contributed by atoms with Gasteiger partial charge in [0, 0.05) is 35.7 Å². The third-order valence-corrected chi connectivity index (χ3v) is 5.85. The Morgan fingerprint density at radius 1 is 0.914 bits per heavy atom. The predicted octanol–water partition coefficient (Wildman–Crippen LogP) is 8.18. The molecule has 0 spiro atoms. The van der Waals surface area contributed by atoms with Gasteiger partial charge in [-0.15, -0.1) is 0 Å². The number of nitrogens with two attached hydrogens (primary N) is 1. The van der Waals surface area contributed by atoms with Crippen LogP contribution in [-0.4, -0.2) is 20.9 Å². The summed E-state index contributed by atoms with van der Waals surface area (Å²) in [7, 11) is 3.63. The molecule has 0 amide bonds. The van der Waals surface area contributed by atoms with Gasteiger partial charge in [0.25, 0.3) is 0 Å². The molecule has 186 valence electrons. The summed E-state index contributed by atoms with van der Waals surface area (Å²) < 4.78 is 5.46. The minimum Gasteiger partial charge on any atom is -0.497 e. The second kappa shape index (κ2) is 13.2. The number of aryl methyl sites for hydroxylation is 1. The number of hydrogen-bond acceptors (Lipinski definition) is 5. The number of hydrogen-bond donors (Lipinski definition) is 3. The molecule has 4 rings (SSSR count). The van der Waals surface area contributed by atoms with Gasteiger partial charge in [-0.3, -0.25) is 4.99 Å². The van der Waals surface area contributed by atoms with Crippen molar-refractivity contribution >= 4 is 51.0 Å². The van der Waals surface area contributed by atoms with E-state index in [9.17, 15) is 0 Å². The number of aliphatic imine (C=N–C) groups is 1. The van der Waals surface area contributed by atoms with E-state index >= 15 is 0 Å². The van der Waals surface area contributed by atoms with Gasteiger partial charge in [0.1, 0.15) is 5.75 Å². The summed E-state index contributed by atoms with van der Waals surface area (Å²) in [5.74, 6) is 0.794. The van der Waals surface area contributed by atoms with Crippen LogP contribution in [-0.2, 0) is 13.0 Å². The number of rotatable bonds is 7. The van der Waals surface area contributed by atoms with E-state index in [0.717, 1.165) is 56.5 Å². The molecule has 0 atom stereocenters. The minimum absolute atomic E-state index is 0.670. The fourth-order valence-corrected chi connectivity index (χ4v) is 4.27. The monoisotopic (exact) mass is 472 g/mol. The zero-order valence-electron chi connectivity index (χ0n) is 22.3. The highest BCUT2D eigenvalue weighted by molar-refractivity contribution is 6.20. The highest BCUT2D eigenvalue weighted by atomic mass is 16.5. The standard InChI is InChI=1S/C26H28N4O.2C2H6/c1-5-16-7-6-8-24(28-2)23(16)15-30-26-20-11-9-17(27)13-21(20)22-14-18(31-4)10-12-19(22)25(26)29-3;2*1-2/h6-14,28,30H,3,5,15,27H2,1-2,4H3;2*1-2H3. The first kappa shape index (κ1) is 27.5. The Bertz CT molecular complexity index is 1260. The lowest BCUT2D eigenvalue weighted by Crippen LogP contribution is -2.07. The zero-order valence-corrected chi connectivity index (χ0v) is 22.3. The minimum atomic E-state index is 0.670. The number of ether oxygens (including phenoxy) is 1. The molecule has 0 saturated heterocycles. The molecule has 4 aromatic carbocycles. The third-order valence-electron chi connectivity index (χ3n) is 5.85. The van der Waals surface area contributed by atoms with Crippen LogP contribution in [0.15, 0.2) is 59.6 Å². The lowest BCUT2D eigenvalue weighted by Gasteiger charge is -2.19. The average molecular weight is 473 g/mol. The van der Waals surface area contributed by atoms with Crippen molar-refractivity contribution in [2.45, 2.75) is 47.6 Å². The van der Waals surface area contributed by atoms with Gasteiger partial charge in [-0.2, -0.15) is 0 Å². The van der Waals surface area contributed by atoms with Crippen molar-refractivity contribution in [3.63, 3.8) is 0 Å². The SMILES string of the molecule is C=Nc1c(NCc2c(CC)cccc2NC)c2ccc(N)cc2c2cc(OC)ccc12.CC.CC. The first-order valence-electron chi connectivity index (χ1n) is 12.4. The van der Waals surface area contributed by atoms with Gasteiger partial charge < -0.3 is 21.1 Å². The summed E-state index contributed by atoms with van der Waals surface area (Å²) in [6.45, 7) is 14.7.